The van der Waals surface area contributed by atoms with Gasteiger partial charge in [0.15, 0.2) is 6.61 Å². The summed E-state index contributed by atoms with van der Waals surface area (Å²) in [6.07, 6.45) is 3.19. The lowest BCUT2D eigenvalue weighted by atomic mass is 10.1. The van der Waals surface area contributed by atoms with Crippen molar-refractivity contribution in [3.8, 4) is 5.75 Å². The highest BCUT2D eigenvalue weighted by atomic mass is 16.5. The van der Waals surface area contributed by atoms with Gasteiger partial charge in [0.05, 0.1) is 0 Å². The molecule has 19 heavy (non-hydrogen) atoms. The minimum Gasteiger partial charge on any atom is -0.483 e. The van der Waals surface area contributed by atoms with Crippen LogP contribution in [0.4, 0.5) is 0 Å². The molecule has 2 rings (SSSR count). The lowest BCUT2D eigenvalue weighted by Gasteiger charge is -2.26. The van der Waals surface area contributed by atoms with E-state index in [9.17, 15) is 4.79 Å². The third kappa shape index (κ3) is 3.49. The lowest BCUT2D eigenvalue weighted by Crippen LogP contribution is -2.41. The minimum absolute atomic E-state index is 0.100. The topological polar surface area (TPSA) is 29.5 Å². The Morgan fingerprint density at radius 2 is 2.05 bits per heavy atom. The van der Waals surface area contributed by atoms with Gasteiger partial charge in [0.2, 0.25) is 0 Å². The summed E-state index contributed by atoms with van der Waals surface area (Å²) in [5.41, 5.74) is 1.15. The molecule has 0 radical (unpaired) electrons. The Kier molecular flexibility index (Phi) is 4.46. The molecule has 1 aliphatic carbocycles. The van der Waals surface area contributed by atoms with E-state index in [1.54, 1.807) is 0 Å². The minimum atomic E-state index is 0.100. The van der Waals surface area contributed by atoms with Crippen molar-refractivity contribution in [3.05, 3.63) is 29.8 Å². The highest BCUT2D eigenvalue weighted by Gasteiger charge is 2.34. The van der Waals surface area contributed by atoms with Gasteiger partial charge in [-0.2, -0.15) is 0 Å². The number of amides is 1. The van der Waals surface area contributed by atoms with Gasteiger partial charge in [-0.25, -0.2) is 0 Å². The van der Waals surface area contributed by atoms with Gasteiger partial charge in [-0.1, -0.05) is 25.1 Å². The number of carbonyl (C=O) groups is 1. The number of ether oxygens (including phenoxy) is 1. The Morgan fingerprint density at radius 3 is 2.63 bits per heavy atom. The summed E-state index contributed by atoms with van der Waals surface area (Å²) in [6, 6.07) is 8.62. The Hall–Kier alpha value is -1.51. The number of carbonyl (C=O) groups excluding carboxylic acids is 1. The van der Waals surface area contributed by atoms with Crippen molar-refractivity contribution in [1.29, 1.82) is 0 Å². The third-order valence-electron chi connectivity index (χ3n) is 3.49. The van der Waals surface area contributed by atoms with Crippen LogP contribution in [0.25, 0.3) is 0 Å². The number of hydrogen-bond donors (Lipinski definition) is 0. The molecule has 0 spiro atoms. The van der Waals surface area contributed by atoms with Crippen molar-refractivity contribution >= 4 is 5.91 Å². The van der Waals surface area contributed by atoms with E-state index in [1.807, 2.05) is 29.2 Å². The Balaban J connectivity index is 1.95. The van der Waals surface area contributed by atoms with Crippen molar-refractivity contribution in [1.82, 2.24) is 4.90 Å². The molecule has 1 aliphatic rings. The summed E-state index contributed by atoms with van der Waals surface area (Å²) in [5, 5.41) is 0. The van der Waals surface area contributed by atoms with Crippen LogP contribution in [-0.4, -0.2) is 29.5 Å². The van der Waals surface area contributed by atoms with Crippen LogP contribution in [0.3, 0.4) is 0 Å². The largest absolute Gasteiger partial charge is 0.483 e. The highest BCUT2D eigenvalue weighted by molar-refractivity contribution is 5.78. The van der Waals surface area contributed by atoms with E-state index < -0.39 is 0 Å². The molecule has 3 heteroatoms. The van der Waals surface area contributed by atoms with E-state index >= 15 is 0 Å². The summed E-state index contributed by atoms with van der Waals surface area (Å²) in [7, 11) is 0. The van der Waals surface area contributed by atoms with E-state index in [-0.39, 0.29) is 18.6 Å². The second-order valence-electron chi connectivity index (χ2n) is 5.38. The SMILES string of the molecule is CCc1ccccc1OCC(=O)N(C(C)C)C1CC1. The highest BCUT2D eigenvalue weighted by Crippen LogP contribution is 2.29. The van der Waals surface area contributed by atoms with Crippen LogP contribution in [0.15, 0.2) is 24.3 Å². The fourth-order valence-corrected chi connectivity index (χ4v) is 2.42. The zero-order chi connectivity index (χ0) is 13.8. The fourth-order valence-electron chi connectivity index (χ4n) is 2.42. The molecule has 0 bridgehead atoms. The van der Waals surface area contributed by atoms with E-state index in [2.05, 4.69) is 20.8 Å². The first kappa shape index (κ1) is 13.9. The maximum atomic E-state index is 12.2. The Labute approximate surface area is 115 Å². The van der Waals surface area contributed by atoms with Crippen LogP contribution in [0, 0.1) is 0 Å². The summed E-state index contributed by atoms with van der Waals surface area (Å²) in [4.78, 5) is 14.2. The average Bonchev–Trinajstić information content (AvgIpc) is 3.21. The molecule has 0 saturated heterocycles. The van der Waals surface area contributed by atoms with Gasteiger partial charge in [0.1, 0.15) is 5.75 Å². The molecular weight excluding hydrogens is 238 g/mol. The van der Waals surface area contributed by atoms with Gasteiger partial charge >= 0.3 is 0 Å². The van der Waals surface area contributed by atoms with E-state index in [0.29, 0.717) is 6.04 Å². The molecule has 0 heterocycles. The van der Waals surface area contributed by atoms with E-state index in [1.165, 1.54) is 0 Å². The average molecular weight is 261 g/mol. The van der Waals surface area contributed by atoms with Crippen LogP contribution in [0.5, 0.6) is 5.75 Å². The molecule has 1 aromatic carbocycles. The van der Waals surface area contributed by atoms with Crippen molar-refractivity contribution in [2.24, 2.45) is 0 Å². The maximum Gasteiger partial charge on any atom is 0.260 e. The zero-order valence-electron chi connectivity index (χ0n) is 12.1. The van der Waals surface area contributed by atoms with Gasteiger partial charge in [-0.3, -0.25) is 4.79 Å². The molecular formula is C16H23NO2. The predicted molar refractivity (Wildman–Crippen MR) is 76.3 cm³/mol. The third-order valence-corrected chi connectivity index (χ3v) is 3.49. The molecule has 1 fully saturated rings. The molecule has 0 atom stereocenters. The number of nitrogens with zero attached hydrogens (tertiary/aromatic N) is 1. The van der Waals surface area contributed by atoms with Crippen LogP contribution >= 0.6 is 0 Å². The van der Waals surface area contributed by atoms with Crippen molar-refractivity contribution in [2.45, 2.75) is 52.1 Å². The first-order valence-electron chi connectivity index (χ1n) is 7.15. The van der Waals surface area contributed by atoms with Gasteiger partial charge < -0.3 is 9.64 Å². The number of para-hydroxylation sites is 1. The smallest absolute Gasteiger partial charge is 0.260 e. The molecule has 0 unspecified atom stereocenters. The second-order valence-corrected chi connectivity index (χ2v) is 5.38. The number of aryl methyl sites for hydroxylation is 1. The first-order chi connectivity index (χ1) is 9.13. The number of hydrogen-bond acceptors (Lipinski definition) is 2. The summed E-state index contributed by atoms with van der Waals surface area (Å²) >= 11 is 0. The van der Waals surface area contributed by atoms with Crippen LogP contribution in [-0.2, 0) is 11.2 Å². The van der Waals surface area contributed by atoms with Crippen LogP contribution < -0.4 is 4.74 Å². The maximum absolute atomic E-state index is 12.2. The molecule has 1 aromatic rings. The summed E-state index contributed by atoms with van der Waals surface area (Å²) in [5.74, 6) is 0.932. The first-order valence-corrected chi connectivity index (χ1v) is 7.15. The molecule has 1 amide bonds. The molecule has 0 aliphatic heterocycles. The molecule has 1 saturated carbocycles. The Morgan fingerprint density at radius 1 is 1.37 bits per heavy atom. The normalized spacial score (nSPS) is 14.5. The molecule has 3 nitrogen and oxygen atoms in total. The summed E-state index contributed by atoms with van der Waals surface area (Å²) < 4.78 is 5.71. The lowest BCUT2D eigenvalue weighted by molar-refractivity contribution is -0.135. The quantitative estimate of drug-likeness (QED) is 0.787. The van der Waals surface area contributed by atoms with E-state index in [4.69, 9.17) is 4.74 Å². The molecule has 104 valence electrons. The monoisotopic (exact) mass is 261 g/mol. The van der Waals surface area contributed by atoms with Gasteiger partial charge in [0, 0.05) is 12.1 Å². The van der Waals surface area contributed by atoms with Crippen LogP contribution in [0.2, 0.25) is 0 Å². The van der Waals surface area contributed by atoms with Crippen molar-refractivity contribution in [2.75, 3.05) is 6.61 Å². The van der Waals surface area contributed by atoms with Gasteiger partial charge in [0.25, 0.3) is 5.91 Å². The molecule has 0 N–H and O–H groups in total. The Bertz CT molecular complexity index is 436. The zero-order valence-corrected chi connectivity index (χ0v) is 12.1. The van der Waals surface area contributed by atoms with Crippen molar-refractivity contribution < 1.29 is 9.53 Å². The predicted octanol–water partition coefficient (Wildman–Crippen LogP) is 3.03. The number of benzene rings is 1. The summed E-state index contributed by atoms with van der Waals surface area (Å²) in [6.45, 7) is 6.37. The molecule has 0 aromatic heterocycles. The van der Waals surface area contributed by atoms with Crippen LogP contribution in [0.1, 0.15) is 39.2 Å². The fraction of sp³-hybridized carbons (Fsp3) is 0.562. The van der Waals surface area contributed by atoms with E-state index in [0.717, 1.165) is 30.6 Å². The van der Waals surface area contributed by atoms with Gasteiger partial charge in [-0.05, 0) is 44.7 Å². The number of rotatable bonds is 6. The van der Waals surface area contributed by atoms with Gasteiger partial charge in [-0.15, -0.1) is 0 Å². The second kappa shape index (κ2) is 6.09. The standard InChI is InChI=1S/C16H23NO2/c1-4-13-7-5-6-8-15(13)19-11-16(18)17(12(2)3)14-9-10-14/h5-8,12,14H,4,9-11H2,1-3H3. The van der Waals surface area contributed by atoms with Crippen molar-refractivity contribution in [3.63, 3.8) is 0 Å².